The quantitative estimate of drug-likeness (QED) is 0.503. The average molecular weight is 326 g/mol. The summed E-state index contributed by atoms with van der Waals surface area (Å²) in [5, 5.41) is 25.5. The normalized spacial score (nSPS) is 21.9. The third-order valence-corrected chi connectivity index (χ3v) is 3.93. The van der Waals surface area contributed by atoms with E-state index in [0.29, 0.717) is 0 Å². The van der Waals surface area contributed by atoms with Gasteiger partial charge in [0, 0.05) is 11.4 Å². The molecule has 8 nitrogen and oxygen atoms in total. The van der Waals surface area contributed by atoms with Crippen molar-refractivity contribution in [1.29, 1.82) is 0 Å². The van der Waals surface area contributed by atoms with Crippen LogP contribution in [0.4, 0.5) is 0 Å². The monoisotopic (exact) mass is 326 g/mol. The van der Waals surface area contributed by atoms with Gasteiger partial charge in [0.05, 0.1) is 18.8 Å². The van der Waals surface area contributed by atoms with Crippen LogP contribution < -0.4 is 10.6 Å². The predicted molar refractivity (Wildman–Crippen MR) is 78.1 cm³/mol. The van der Waals surface area contributed by atoms with Crippen LogP contribution in [0.1, 0.15) is 11.3 Å². The van der Waals surface area contributed by atoms with E-state index in [2.05, 4.69) is 10.6 Å². The van der Waals surface area contributed by atoms with Crippen molar-refractivity contribution in [2.24, 2.45) is 0 Å². The van der Waals surface area contributed by atoms with E-state index in [9.17, 15) is 19.4 Å². The summed E-state index contributed by atoms with van der Waals surface area (Å²) in [5.41, 5.74) is 0. The predicted octanol–water partition coefficient (Wildman–Crippen LogP) is -1.22. The number of amides is 2. The SMILES string of the molecule is O=C(O)CC1OB(O)[C@@H](NC(=O)Cc2cccs2)CNC1=O. The van der Waals surface area contributed by atoms with Crippen molar-refractivity contribution in [3.63, 3.8) is 0 Å². The lowest BCUT2D eigenvalue weighted by molar-refractivity contribution is -0.143. The summed E-state index contributed by atoms with van der Waals surface area (Å²) in [6.45, 7) is -0.0354. The molecule has 1 saturated heterocycles. The summed E-state index contributed by atoms with van der Waals surface area (Å²) >= 11 is 1.44. The van der Waals surface area contributed by atoms with Crippen molar-refractivity contribution >= 4 is 36.2 Å². The van der Waals surface area contributed by atoms with Crippen LogP contribution in [0, 0.1) is 0 Å². The van der Waals surface area contributed by atoms with Gasteiger partial charge in [-0.25, -0.2) is 0 Å². The van der Waals surface area contributed by atoms with Gasteiger partial charge in [-0.05, 0) is 11.4 Å². The van der Waals surface area contributed by atoms with Crippen molar-refractivity contribution in [2.45, 2.75) is 24.9 Å². The molecule has 22 heavy (non-hydrogen) atoms. The Hall–Kier alpha value is -1.91. The van der Waals surface area contributed by atoms with Gasteiger partial charge >= 0.3 is 13.1 Å². The second-order valence-corrected chi connectivity index (χ2v) is 5.82. The molecule has 1 aliphatic heterocycles. The van der Waals surface area contributed by atoms with Crippen LogP contribution in [0.25, 0.3) is 0 Å². The van der Waals surface area contributed by atoms with Gasteiger partial charge < -0.3 is 25.4 Å². The first-order valence-electron chi connectivity index (χ1n) is 6.60. The van der Waals surface area contributed by atoms with Crippen molar-refractivity contribution in [1.82, 2.24) is 10.6 Å². The fourth-order valence-corrected chi connectivity index (χ4v) is 2.70. The zero-order valence-electron chi connectivity index (χ0n) is 11.5. The molecule has 1 aliphatic rings. The number of aliphatic carboxylic acids is 1. The van der Waals surface area contributed by atoms with E-state index in [1.807, 2.05) is 17.5 Å². The summed E-state index contributed by atoms with van der Waals surface area (Å²) in [5.74, 6) is -3.00. The molecule has 2 heterocycles. The van der Waals surface area contributed by atoms with Gasteiger partial charge in [0.25, 0.3) is 0 Å². The van der Waals surface area contributed by atoms with Gasteiger partial charge in [-0.3, -0.25) is 14.4 Å². The van der Waals surface area contributed by atoms with Gasteiger partial charge in [-0.2, -0.15) is 0 Å². The molecule has 1 unspecified atom stereocenters. The molecule has 10 heteroatoms. The Morgan fingerprint density at radius 1 is 1.55 bits per heavy atom. The maximum absolute atomic E-state index is 11.9. The van der Waals surface area contributed by atoms with Crippen molar-refractivity contribution in [3.05, 3.63) is 22.4 Å². The molecule has 0 aromatic carbocycles. The van der Waals surface area contributed by atoms with E-state index < -0.39 is 37.5 Å². The third-order valence-electron chi connectivity index (χ3n) is 3.06. The molecule has 1 fully saturated rings. The minimum atomic E-state index is -1.46. The number of hydrogen-bond donors (Lipinski definition) is 4. The van der Waals surface area contributed by atoms with Crippen molar-refractivity contribution in [3.8, 4) is 0 Å². The number of nitrogens with one attached hydrogen (secondary N) is 2. The van der Waals surface area contributed by atoms with Crippen LogP contribution in [0.2, 0.25) is 0 Å². The van der Waals surface area contributed by atoms with Gasteiger partial charge in [0.2, 0.25) is 11.8 Å². The fourth-order valence-electron chi connectivity index (χ4n) is 2.00. The molecular formula is C12H15BN2O6S. The molecule has 0 radical (unpaired) electrons. The van der Waals surface area contributed by atoms with E-state index in [-0.39, 0.29) is 18.9 Å². The standard InChI is InChI=1S/C12H15BN2O6S/c16-10(4-7-2-1-3-22-7)15-9-6-14-12(19)8(5-11(17)18)21-13(9)20/h1-3,8-9,20H,4-6H2,(H,14,19)(H,15,16)(H,17,18)/t8?,9-/m0/s1. The van der Waals surface area contributed by atoms with E-state index in [4.69, 9.17) is 9.76 Å². The fraction of sp³-hybridized carbons (Fsp3) is 0.417. The van der Waals surface area contributed by atoms with Gasteiger partial charge in [0.1, 0.15) is 6.10 Å². The van der Waals surface area contributed by atoms with Gasteiger partial charge in [-0.1, -0.05) is 6.07 Å². The molecule has 2 rings (SSSR count). The third kappa shape index (κ3) is 4.55. The molecule has 2 amide bonds. The number of carboxylic acid groups (broad SMARTS) is 1. The van der Waals surface area contributed by atoms with Crippen LogP contribution in [-0.4, -0.2) is 53.6 Å². The molecular weight excluding hydrogens is 311 g/mol. The largest absolute Gasteiger partial charge is 0.481 e. The highest BCUT2D eigenvalue weighted by atomic mass is 32.1. The summed E-state index contributed by atoms with van der Waals surface area (Å²) < 4.78 is 5.03. The van der Waals surface area contributed by atoms with Crippen molar-refractivity contribution < 1.29 is 29.2 Å². The maximum atomic E-state index is 11.9. The second-order valence-electron chi connectivity index (χ2n) is 4.79. The summed E-state index contributed by atoms with van der Waals surface area (Å²) in [7, 11) is -1.46. The zero-order chi connectivity index (χ0) is 16.1. The average Bonchev–Trinajstić information content (AvgIpc) is 2.90. The Balaban J connectivity index is 1.92. The van der Waals surface area contributed by atoms with E-state index >= 15 is 0 Å². The number of hydrogen-bond acceptors (Lipinski definition) is 6. The first-order chi connectivity index (χ1) is 10.5. The van der Waals surface area contributed by atoms with Crippen LogP contribution in [0.3, 0.4) is 0 Å². The molecule has 0 spiro atoms. The highest BCUT2D eigenvalue weighted by Gasteiger charge is 2.38. The van der Waals surface area contributed by atoms with E-state index in [1.54, 1.807) is 0 Å². The first-order valence-corrected chi connectivity index (χ1v) is 7.48. The minimum absolute atomic E-state index is 0.0354. The molecule has 0 saturated carbocycles. The Kier molecular flexibility index (Phi) is 5.53. The number of carbonyl (C=O) groups is 3. The molecule has 0 bridgehead atoms. The topological polar surface area (TPSA) is 125 Å². The molecule has 118 valence electrons. The van der Waals surface area contributed by atoms with Gasteiger partial charge in [-0.15, -0.1) is 11.3 Å². The Labute approximate surface area is 130 Å². The second kappa shape index (κ2) is 7.39. The highest BCUT2D eigenvalue weighted by molar-refractivity contribution is 7.10. The Morgan fingerprint density at radius 3 is 2.95 bits per heavy atom. The van der Waals surface area contributed by atoms with Crippen LogP contribution in [0.15, 0.2) is 17.5 Å². The Bertz CT molecular complexity index is 552. The van der Waals surface area contributed by atoms with Crippen LogP contribution in [-0.2, 0) is 25.5 Å². The lowest BCUT2D eigenvalue weighted by Gasteiger charge is -2.18. The van der Waals surface area contributed by atoms with E-state index in [0.717, 1.165) is 4.88 Å². The number of carboxylic acids is 1. The number of carbonyl (C=O) groups excluding carboxylic acids is 2. The summed E-state index contributed by atoms with van der Waals surface area (Å²) in [6, 6.07) is 3.64. The van der Waals surface area contributed by atoms with Crippen LogP contribution >= 0.6 is 11.3 Å². The van der Waals surface area contributed by atoms with E-state index in [1.165, 1.54) is 11.3 Å². The lowest BCUT2D eigenvalue weighted by atomic mass is 9.78. The smallest absolute Gasteiger partial charge is 0.480 e. The molecule has 4 N–H and O–H groups in total. The van der Waals surface area contributed by atoms with Crippen LogP contribution in [0.5, 0.6) is 0 Å². The zero-order valence-corrected chi connectivity index (χ0v) is 12.3. The lowest BCUT2D eigenvalue weighted by Crippen LogP contribution is -2.51. The minimum Gasteiger partial charge on any atom is -0.481 e. The maximum Gasteiger partial charge on any atom is 0.480 e. The molecule has 1 aromatic rings. The number of rotatable bonds is 5. The highest BCUT2D eigenvalue weighted by Crippen LogP contribution is 2.10. The summed E-state index contributed by atoms with van der Waals surface area (Å²) in [4.78, 5) is 35.1. The molecule has 2 atom stereocenters. The van der Waals surface area contributed by atoms with Crippen molar-refractivity contribution in [2.75, 3.05) is 6.54 Å². The molecule has 1 aromatic heterocycles. The Morgan fingerprint density at radius 2 is 2.32 bits per heavy atom. The molecule has 0 aliphatic carbocycles. The summed E-state index contributed by atoms with van der Waals surface area (Å²) in [6.07, 6.45) is -1.68. The van der Waals surface area contributed by atoms with Gasteiger partial charge in [0.15, 0.2) is 0 Å². The first kappa shape index (κ1) is 16.5. The number of thiophene rings is 1.